The second-order valence-electron chi connectivity index (χ2n) is 7.40. The average molecular weight is 286 g/mol. The monoisotopic (exact) mass is 286 g/mol. The molecule has 0 saturated heterocycles. The number of carbonyl (C=O) groups is 1. The average Bonchev–Trinajstić information content (AvgIpc) is 2.32. The molecule has 1 aromatic carbocycles. The van der Waals surface area contributed by atoms with Crippen LogP contribution in [0.25, 0.3) is 6.08 Å². The number of phenols is 1. The molecule has 0 aromatic heterocycles. The molecule has 0 bridgehead atoms. The van der Waals surface area contributed by atoms with Crippen molar-refractivity contribution in [2.75, 3.05) is 0 Å². The minimum absolute atomic E-state index is 0.0788. The van der Waals surface area contributed by atoms with Gasteiger partial charge in [-0.05, 0) is 45.7 Å². The Labute approximate surface area is 128 Å². The van der Waals surface area contributed by atoms with Crippen LogP contribution >= 0.6 is 0 Å². The first kappa shape index (κ1) is 17.2. The molecular formula is C19H26O2. The fourth-order valence-electron chi connectivity index (χ4n) is 2.23. The molecule has 0 fully saturated rings. The summed E-state index contributed by atoms with van der Waals surface area (Å²) < 4.78 is 0. The van der Waals surface area contributed by atoms with E-state index in [1.807, 2.05) is 6.07 Å². The molecule has 0 aliphatic heterocycles. The lowest BCUT2D eigenvalue weighted by molar-refractivity contribution is -0.110. The molecular weight excluding hydrogens is 260 g/mol. The maximum Gasteiger partial charge on any atom is 0.178 e. The van der Waals surface area contributed by atoms with Gasteiger partial charge in [-0.25, -0.2) is 0 Å². The van der Waals surface area contributed by atoms with Crippen LogP contribution < -0.4 is 0 Å². The van der Waals surface area contributed by atoms with Crippen molar-refractivity contribution in [2.45, 2.75) is 52.4 Å². The Morgan fingerprint density at radius 1 is 1.05 bits per heavy atom. The highest BCUT2D eigenvalue weighted by Crippen LogP contribution is 2.37. The molecule has 0 amide bonds. The highest BCUT2D eigenvalue weighted by molar-refractivity contribution is 6.01. The first-order valence-electron chi connectivity index (χ1n) is 7.19. The van der Waals surface area contributed by atoms with E-state index in [2.05, 4.69) is 48.1 Å². The fourth-order valence-corrected chi connectivity index (χ4v) is 2.23. The van der Waals surface area contributed by atoms with E-state index in [0.29, 0.717) is 0 Å². The molecule has 21 heavy (non-hydrogen) atoms. The number of aromatic hydroxyl groups is 1. The van der Waals surface area contributed by atoms with E-state index < -0.39 is 0 Å². The van der Waals surface area contributed by atoms with Gasteiger partial charge in [0, 0.05) is 0 Å². The van der Waals surface area contributed by atoms with E-state index in [9.17, 15) is 9.90 Å². The van der Waals surface area contributed by atoms with Gasteiger partial charge >= 0.3 is 0 Å². The van der Waals surface area contributed by atoms with Crippen LogP contribution in [0.2, 0.25) is 0 Å². The molecule has 2 nitrogen and oxygen atoms in total. The van der Waals surface area contributed by atoms with Crippen LogP contribution in [0.15, 0.2) is 30.9 Å². The summed E-state index contributed by atoms with van der Waals surface area (Å²) in [4.78, 5) is 11.4. The number of carbonyl (C=O) groups excluding carboxylic acids is 1. The second kappa shape index (κ2) is 5.88. The number of hydrogen-bond acceptors (Lipinski definition) is 2. The predicted molar refractivity (Wildman–Crippen MR) is 89.7 cm³/mol. The van der Waals surface area contributed by atoms with Crippen LogP contribution in [-0.4, -0.2) is 10.9 Å². The third-order valence-electron chi connectivity index (χ3n) is 3.41. The SMILES string of the molecule is C=CC(=O)C=Cc1cc(O)c(C(C)(C)C)cc1C(C)(C)C. The minimum atomic E-state index is -0.144. The molecule has 0 saturated carbocycles. The first-order valence-corrected chi connectivity index (χ1v) is 7.19. The molecule has 0 aliphatic rings. The summed E-state index contributed by atoms with van der Waals surface area (Å²) in [5.41, 5.74) is 2.68. The summed E-state index contributed by atoms with van der Waals surface area (Å²) in [7, 11) is 0. The minimum Gasteiger partial charge on any atom is -0.508 e. The van der Waals surface area contributed by atoms with Crippen molar-refractivity contribution in [1.29, 1.82) is 0 Å². The molecule has 1 rings (SSSR count). The van der Waals surface area contributed by atoms with Gasteiger partial charge in [0.25, 0.3) is 0 Å². The summed E-state index contributed by atoms with van der Waals surface area (Å²) >= 11 is 0. The topological polar surface area (TPSA) is 37.3 Å². The number of ketones is 1. The summed E-state index contributed by atoms with van der Waals surface area (Å²) in [5.74, 6) is 0.121. The number of phenolic OH excluding ortho intramolecular Hbond substituents is 1. The van der Waals surface area contributed by atoms with Crippen LogP contribution in [0, 0.1) is 0 Å². The molecule has 0 atom stereocenters. The van der Waals surface area contributed by atoms with Crippen molar-refractivity contribution in [3.63, 3.8) is 0 Å². The van der Waals surface area contributed by atoms with E-state index >= 15 is 0 Å². The van der Waals surface area contributed by atoms with Gasteiger partial charge in [-0.15, -0.1) is 0 Å². The number of hydrogen-bond donors (Lipinski definition) is 1. The van der Waals surface area contributed by atoms with Gasteiger partial charge < -0.3 is 5.11 Å². The first-order chi connectivity index (χ1) is 9.46. The number of rotatable bonds is 3. The largest absolute Gasteiger partial charge is 0.508 e. The zero-order valence-electron chi connectivity index (χ0n) is 13.9. The molecule has 114 valence electrons. The molecule has 0 heterocycles. The third kappa shape index (κ3) is 4.32. The van der Waals surface area contributed by atoms with E-state index in [1.54, 1.807) is 12.1 Å². The van der Waals surface area contributed by atoms with Gasteiger partial charge in [0.1, 0.15) is 5.75 Å². The Kier molecular flexibility index (Phi) is 4.83. The van der Waals surface area contributed by atoms with E-state index in [-0.39, 0.29) is 22.4 Å². The zero-order valence-corrected chi connectivity index (χ0v) is 13.9. The third-order valence-corrected chi connectivity index (χ3v) is 3.41. The summed E-state index contributed by atoms with van der Waals surface area (Å²) in [6.07, 6.45) is 4.50. The smallest absolute Gasteiger partial charge is 0.178 e. The van der Waals surface area contributed by atoms with Gasteiger partial charge in [-0.2, -0.15) is 0 Å². The van der Waals surface area contributed by atoms with Gasteiger partial charge in [0.2, 0.25) is 0 Å². The molecule has 1 aromatic rings. The predicted octanol–water partition coefficient (Wildman–Crippen LogP) is 4.76. The van der Waals surface area contributed by atoms with Crippen LogP contribution in [0.3, 0.4) is 0 Å². The van der Waals surface area contributed by atoms with E-state index in [4.69, 9.17) is 0 Å². The van der Waals surface area contributed by atoms with E-state index in [1.165, 1.54) is 12.2 Å². The summed E-state index contributed by atoms with van der Waals surface area (Å²) in [5, 5.41) is 10.3. The van der Waals surface area contributed by atoms with Crippen molar-refractivity contribution in [1.82, 2.24) is 0 Å². The van der Waals surface area contributed by atoms with Gasteiger partial charge in [-0.3, -0.25) is 4.79 Å². The zero-order chi connectivity index (χ0) is 16.4. The molecule has 0 spiro atoms. The van der Waals surface area contributed by atoms with Crippen LogP contribution in [-0.2, 0) is 15.6 Å². The van der Waals surface area contributed by atoms with Crippen molar-refractivity contribution in [2.24, 2.45) is 0 Å². The lowest BCUT2D eigenvalue weighted by Crippen LogP contribution is -2.17. The van der Waals surface area contributed by atoms with Gasteiger partial charge in [0.05, 0.1) is 0 Å². The molecule has 2 heteroatoms. The Morgan fingerprint density at radius 3 is 2.00 bits per heavy atom. The maximum absolute atomic E-state index is 11.4. The summed E-state index contributed by atoms with van der Waals surface area (Å²) in [6.45, 7) is 16.1. The lowest BCUT2D eigenvalue weighted by Gasteiger charge is -2.27. The quantitative estimate of drug-likeness (QED) is 0.814. The maximum atomic E-state index is 11.4. The van der Waals surface area contributed by atoms with Crippen molar-refractivity contribution in [3.8, 4) is 5.75 Å². The number of benzene rings is 1. The molecule has 1 N–H and O–H groups in total. The second-order valence-corrected chi connectivity index (χ2v) is 7.40. The van der Waals surface area contributed by atoms with E-state index in [0.717, 1.165) is 16.7 Å². The van der Waals surface area contributed by atoms with Gasteiger partial charge in [0.15, 0.2) is 5.78 Å². The van der Waals surface area contributed by atoms with Gasteiger partial charge in [-0.1, -0.05) is 60.3 Å². The molecule has 0 aliphatic carbocycles. The standard InChI is InChI=1S/C19H26O2/c1-8-14(20)10-9-13-11-17(21)16(19(5,6)7)12-15(13)18(2,3)4/h8-12,21H,1H2,2-7H3. The van der Waals surface area contributed by atoms with Crippen molar-refractivity contribution in [3.05, 3.63) is 47.6 Å². The van der Waals surface area contributed by atoms with Crippen molar-refractivity contribution < 1.29 is 9.90 Å². The summed E-state index contributed by atoms with van der Waals surface area (Å²) in [6, 6.07) is 3.79. The lowest BCUT2D eigenvalue weighted by atomic mass is 9.78. The highest BCUT2D eigenvalue weighted by Gasteiger charge is 2.24. The Hall–Kier alpha value is -1.83. The van der Waals surface area contributed by atoms with Crippen LogP contribution in [0.1, 0.15) is 58.2 Å². The van der Waals surface area contributed by atoms with Crippen LogP contribution in [0.5, 0.6) is 5.75 Å². The van der Waals surface area contributed by atoms with Crippen molar-refractivity contribution >= 4 is 11.9 Å². The molecule has 0 unspecified atom stereocenters. The normalized spacial score (nSPS) is 12.7. The number of allylic oxidation sites excluding steroid dienone is 2. The highest BCUT2D eigenvalue weighted by atomic mass is 16.3. The Bertz CT molecular complexity index is 579. The Morgan fingerprint density at radius 2 is 1.57 bits per heavy atom. The molecule has 0 radical (unpaired) electrons. The Balaban J connectivity index is 3.51. The fraction of sp³-hybridized carbons (Fsp3) is 0.421. The van der Waals surface area contributed by atoms with Crippen LogP contribution in [0.4, 0.5) is 0 Å².